The first-order valence-corrected chi connectivity index (χ1v) is 9.97. The molecule has 1 aliphatic rings. The number of hydrogen-bond acceptors (Lipinski definition) is 5. The van der Waals surface area contributed by atoms with E-state index in [1.807, 2.05) is 13.0 Å². The summed E-state index contributed by atoms with van der Waals surface area (Å²) in [5.74, 6) is -0.465. The van der Waals surface area contributed by atoms with Gasteiger partial charge in [-0.05, 0) is 38.5 Å². The summed E-state index contributed by atoms with van der Waals surface area (Å²) in [6.45, 7) is 5.54. The predicted octanol–water partition coefficient (Wildman–Crippen LogP) is 3.84. The van der Waals surface area contributed by atoms with Crippen LogP contribution in [0.5, 0.6) is 0 Å². The highest BCUT2D eigenvalue weighted by molar-refractivity contribution is 7.99. The summed E-state index contributed by atoms with van der Waals surface area (Å²) >= 11 is 7.32. The Morgan fingerprint density at radius 3 is 2.60 bits per heavy atom. The van der Waals surface area contributed by atoms with Crippen LogP contribution >= 0.6 is 23.4 Å². The van der Waals surface area contributed by atoms with E-state index in [-0.39, 0.29) is 35.0 Å². The highest BCUT2D eigenvalue weighted by Crippen LogP contribution is 2.28. The summed E-state index contributed by atoms with van der Waals surface area (Å²) < 4.78 is 5.26. The van der Waals surface area contributed by atoms with Crippen LogP contribution in [0.2, 0.25) is 0 Å². The van der Waals surface area contributed by atoms with Crippen LogP contribution in [0.25, 0.3) is 0 Å². The maximum absolute atomic E-state index is 12.0. The lowest BCUT2D eigenvalue weighted by Gasteiger charge is -2.12. The Morgan fingerprint density at radius 2 is 2.04 bits per heavy atom. The fourth-order valence-electron chi connectivity index (χ4n) is 2.48. The number of amides is 1. The number of aliphatic hydroxyl groups excluding tert-OH is 1. The first kappa shape index (κ1) is 21.8. The van der Waals surface area contributed by atoms with Crippen molar-refractivity contribution in [1.82, 2.24) is 5.32 Å². The molecule has 7 heteroatoms. The smallest absolute Gasteiger partial charge is 0.314 e. The fraction of sp³-hybridized carbons (Fsp3) is 0.556. The average molecular weight is 388 g/mol. The quantitative estimate of drug-likeness (QED) is 0.272. The normalized spacial score (nSPS) is 17.3. The van der Waals surface area contributed by atoms with E-state index in [1.54, 1.807) is 12.3 Å². The zero-order chi connectivity index (χ0) is 18.8. The van der Waals surface area contributed by atoms with Crippen molar-refractivity contribution in [3.05, 3.63) is 35.1 Å². The summed E-state index contributed by atoms with van der Waals surface area (Å²) in [6, 6.07) is 0. The van der Waals surface area contributed by atoms with Crippen LogP contribution in [0, 0.1) is 5.92 Å². The van der Waals surface area contributed by atoms with Crippen molar-refractivity contribution in [2.45, 2.75) is 51.0 Å². The van der Waals surface area contributed by atoms with E-state index in [0.717, 1.165) is 43.0 Å². The molecule has 1 rings (SSSR count). The summed E-state index contributed by atoms with van der Waals surface area (Å²) in [7, 11) is 0. The van der Waals surface area contributed by atoms with Gasteiger partial charge in [0.05, 0.1) is 11.0 Å². The molecule has 140 valence electrons. The molecule has 5 nitrogen and oxygen atoms in total. The number of rotatable bonds is 9. The molecule has 0 aromatic carbocycles. The Kier molecular flexibility index (Phi) is 9.93. The molecule has 0 aromatic heterocycles. The van der Waals surface area contributed by atoms with Crippen molar-refractivity contribution < 1.29 is 19.4 Å². The fourth-order valence-corrected chi connectivity index (χ4v) is 2.91. The number of ether oxygens (including phenoxy) is 1. The molecule has 0 aliphatic heterocycles. The molecule has 0 spiro atoms. The van der Waals surface area contributed by atoms with Crippen molar-refractivity contribution in [1.29, 1.82) is 0 Å². The third kappa shape index (κ3) is 8.12. The number of carbonyl (C=O) groups is 2. The van der Waals surface area contributed by atoms with Crippen molar-refractivity contribution in [2.75, 3.05) is 6.26 Å². The SMILES string of the molecule is C=C(OC(=O)C1CCCC1)/C(Cl)=C\C(=C/C)CCC(=O)NC(O)SC. The number of thioether (sulfide) groups is 1. The molecule has 2 N–H and O–H groups in total. The van der Waals surface area contributed by atoms with E-state index in [1.165, 1.54) is 0 Å². The van der Waals surface area contributed by atoms with Gasteiger partial charge in [0.25, 0.3) is 0 Å². The van der Waals surface area contributed by atoms with Crippen molar-refractivity contribution in [3.63, 3.8) is 0 Å². The Balaban J connectivity index is 2.51. The van der Waals surface area contributed by atoms with E-state index in [2.05, 4.69) is 11.9 Å². The predicted molar refractivity (Wildman–Crippen MR) is 102 cm³/mol. The lowest BCUT2D eigenvalue weighted by molar-refractivity contribution is -0.143. The Bertz CT molecular complexity index is 553. The second kappa shape index (κ2) is 11.4. The van der Waals surface area contributed by atoms with Crippen molar-refractivity contribution >= 4 is 35.2 Å². The molecule has 0 saturated heterocycles. The molecule has 1 atom stereocenters. The van der Waals surface area contributed by atoms with Gasteiger partial charge in [0.2, 0.25) is 5.91 Å². The monoisotopic (exact) mass is 387 g/mol. The number of halogens is 1. The zero-order valence-corrected chi connectivity index (χ0v) is 16.3. The highest BCUT2D eigenvalue weighted by atomic mass is 35.5. The number of allylic oxidation sites excluding steroid dienone is 4. The van der Waals surface area contributed by atoms with E-state index in [9.17, 15) is 14.7 Å². The first-order chi connectivity index (χ1) is 11.9. The second-order valence-electron chi connectivity index (χ2n) is 5.84. The summed E-state index contributed by atoms with van der Waals surface area (Å²) in [5, 5.41) is 12.1. The standard InChI is InChI=1S/C18H26ClNO4S/c1-4-13(9-10-16(21)20-18(23)25-3)11-15(19)12(2)24-17(22)14-7-5-6-8-14/h4,11,14,18,23H,2,5-10H2,1,3H3,(H,20,21)/b13-4-,15-11+. The largest absolute Gasteiger partial charge is 0.425 e. The third-order valence-corrected chi connectivity index (χ3v) is 4.89. The zero-order valence-electron chi connectivity index (χ0n) is 14.7. The highest BCUT2D eigenvalue weighted by Gasteiger charge is 2.25. The molecule has 1 unspecified atom stereocenters. The van der Waals surface area contributed by atoms with Crippen molar-refractivity contribution in [2.24, 2.45) is 5.92 Å². The van der Waals surface area contributed by atoms with Crippen LogP contribution in [0.3, 0.4) is 0 Å². The summed E-state index contributed by atoms with van der Waals surface area (Å²) in [6.07, 6.45) is 9.63. The summed E-state index contributed by atoms with van der Waals surface area (Å²) in [5.41, 5.74) is -0.0904. The molecule has 1 saturated carbocycles. The number of esters is 1. The lowest BCUT2D eigenvalue weighted by Crippen LogP contribution is -2.31. The van der Waals surface area contributed by atoms with Gasteiger partial charge in [-0.2, -0.15) is 0 Å². The first-order valence-electron chi connectivity index (χ1n) is 8.31. The maximum atomic E-state index is 12.0. The van der Waals surface area contributed by atoms with Gasteiger partial charge in [0, 0.05) is 6.42 Å². The molecule has 0 bridgehead atoms. The van der Waals surface area contributed by atoms with Gasteiger partial charge in [-0.3, -0.25) is 9.59 Å². The number of carbonyl (C=O) groups excluding carboxylic acids is 2. The number of aliphatic hydroxyl groups is 1. The van der Waals surface area contributed by atoms with Crippen LogP contribution in [-0.2, 0) is 14.3 Å². The van der Waals surface area contributed by atoms with E-state index < -0.39 is 5.56 Å². The molecule has 1 amide bonds. The van der Waals surface area contributed by atoms with Gasteiger partial charge < -0.3 is 15.2 Å². The molecule has 1 aliphatic carbocycles. The molecule has 0 aromatic rings. The van der Waals surface area contributed by atoms with Gasteiger partial charge in [-0.15, -0.1) is 11.8 Å². The Labute approximate surface area is 158 Å². The topological polar surface area (TPSA) is 75.6 Å². The Morgan fingerprint density at radius 1 is 1.40 bits per heavy atom. The number of nitrogens with one attached hydrogen (secondary N) is 1. The van der Waals surface area contributed by atoms with Gasteiger partial charge in [0.1, 0.15) is 5.76 Å². The van der Waals surface area contributed by atoms with E-state index >= 15 is 0 Å². The minimum Gasteiger partial charge on any atom is -0.425 e. The van der Waals surface area contributed by atoms with Gasteiger partial charge in [-0.25, -0.2) is 0 Å². The molecular formula is C18H26ClNO4S. The van der Waals surface area contributed by atoms with Crippen LogP contribution < -0.4 is 5.32 Å². The van der Waals surface area contributed by atoms with E-state index in [0.29, 0.717) is 6.42 Å². The van der Waals surface area contributed by atoms with Crippen LogP contribution in [-0.4, -0.2) is 28.8 Å². The second-order valence-corrected chi connectivity index (χ2v) is 7.16. The molecule has 25 heavy (non-hydrogen) atoms. The lowest BCUT2D eigenvalue weighted by atomic mass is 10.1. The van der Waals surface area contributed by atoms with E-state index in [4.69, 9.17) is 16.3 Å². The van der Waals surface area contributed by atoms with Crippen LogP contribution in [0.1, 0.15) is 45.4 Å². The molecule has 1 fully saturated rings. The summed E-state index contributed by atoms with van der Waals surface area (Å²) in [4.78, 5) is 23.7. The minimum absolute atomic E-state index is 0.0611. The van der Waals surface area contributed by atoms with Crippen molar-refractivity contribution in [3.8, 4) is 0 Å². The molecular weight excluding hydrogens is 362 g/mol. The van der Waals surface area contributed by atoms with Gasteiger partial charge in [-0.1, -0.05) is 42.7 Å². The van der Waals surface area contributed by atoms with Crippen LogP contribution in [0.4, 0.5) is 0 Å². The third-order valence-electron chi connectivity index (χ3n) is 4.01. The minimum atomic E-state index is -0.907. The maximum Gasteiger partial charge on any atom is 0.314 e. The number of hydrogen-bond donors (Lipinski definition) is 2. The van der Waals surface area contributed by atoms with Gasteiger partial charge >= 0.3 is 5.97 Å². The Hall–Kier alpha value is -1.24. The molecule has 0 heterocycles. The average Bonchev–Trinajstić information content (AvgIpc) is 3.12. The van der Waals surface area contributed by atoms with Crippen LogP contribution in [0.15, 0.2) is 35.1 Å². The van der Waals surface area contributed by atoms with Gasteiger partial charge in [0.15, 0.2) is 5.56 Å². The molecule has 0 radical (unpaired) electrons.